The minimum Gasteiger partial charge on any atom is -0.489 e. The van der Waals surface area contributed by atoms with E-state index in [1.807, 2.05) is 30.3 Å². The van der Waals surface area contributed by atoms with E-state index in [2.05, 4.69) is 5.32 Å². The molecule has 0 saturated carbocycles. The minimum atomic E-state index is -0.369. The van der Waals surface area contributed by atoms with Gasteiger partial charge >= 0.3 is 0 Å². The maximum atomic E-state index is 12.9. The van der Waals surface area contributed by atoms with E-state index in [1.165, 1.54) is 24.3 Å². The van der Waals surface area contributed by atoms with Crippen LogP contribution in [0.1, 0.15) is 15.9 Å². The Morgan fingerprint density at radius 1 is 0.875 bits per heavy atom. The van der Waals surface area contributed by atoms with Crippen LogP contribution in [0.3, 0.4) is 0 Å². The van der Waals surface area contributed by atoms with Crippen LogP contribution in [0.2, 0.25) is 0 Å². The zero-order chi connectivity index (χ0) is 16.8. The highest BCUT2D eigenvalue weighted by Gasteiger charge is 2.06. The fourth-order valence-electron chi connectivity index (χ4n) is 2.18. The van der Waals surface area contributed by atoms with Gasteiger partial charge in [0.1, 0.15) is 18.2 Å². The Kier molecular flexibility index (Phi) is 4.87. The predicted molar refractivity (Wildman–Crippen MR) is 91.6 cm³/mol. The number of anilines is 1. The Hall–Kier alpha value is -3.14. The van der Waals surface area contributed by atoms with Gasteiger partial charge in [-0.15, -0.1) is 0 Å². The molecule has 24 heavy (non-hydrogen) atoms. The van der Waals surface area contributed by atoms with E-state index in [9.17, 15) is 9.18 Å². The van der Waals surface area contributed by atoms with Gasteiger partial charge in [0.15, 0.2) is 0 Å². The summed E-state index contributed by atoms with van der Waals surface area (Å²) in [7, 11) is 0. The molecule has 3 aromatic rings. The molecule has 0 spiro atoms. The second-order valence-corrected chi connectivity index (χ2v) is 5.26. The Balaban J connectivity index is 1.58. The van der Waals surface area contributed by atoms with Crippen LogP contribution in [-0.4, -0.2) is 5.91 Å². The van der Waals surface area contributed by atoms with E-state index in [4.69, 9.17) is 4.74 Å². The number of halogens is 1. The van der Waals surface area contributed by atoms with Gasteiger partial charge in [0.05, 0.1) is 0 Å². The monoisotopic (exact) mass is 321 g/mol. The number of carbonyl (C=O) groups excluding carboxylic acids is 1. The molecule has 1 amide bonds. The first-order valence-corrected chi connectivity index (χ1v) is 7.54. The summed E-state index contributed by atoms with van der Waals surface area (Å²) < 4.78 is 18.6. The Bertz CT molecular complexity index is 799. The van der Waals surface area contributed by atoms with Crippen molar-refractivity contribution < 1.29 is 13.9 Å². The molecule has 0 radical (unpaired) electrons. The highest BCUT2D eigenvalue weighted by molar-refractivity contribution is 6.04. The molecule has 4 heteroatoms. The van der Waals surface area contributed by atoms with Gasteiger partial charge in [0, 0.05) is 11.3 Å². The van der Waals surface area contributed by atoms with Crippen molar-refractivity contribution in [1.82, 2.24) is 0 Å². The summed E-state index contributed by atoms with van der Waals surface area (Å²) in [5.74, 6) is 0.0676. The van der Waals surface area contributed by atoms with Crippen molar-refractivity contribution in [3.63, 3.8) is 0 Å². The number of benzene rings is 3. The van der Waals surface area contributed by atoms with E-state index in [-0.39, 0.29) is 11.7 Å². The van der Waals surface area contributed by atoms with Gasteiger partial charge in [-0.05, 0) is 54.1 Å². The van der Waals surface area contributed by atoms with Crippen LogP contribution < -0.4 is 10.1 Å². The maximum absolute atomic E-state index is 12.9. The van der Waals surface area contributed by atoms with Crippen LogP contribution >= 0.6 is 0 Å². The molecule has 0 aliphatic rings. The van der Waals surface area contributed by atoms with E-state index in [0.29, 0.717) is 17.9 Å². The van der Waals surface area contributed by atoms with Crippen LogP contribution in [0, 0.1) is 5.82 Å². The zero-order valence-corrected chi connectivity index (χ0v) is 12.9. The van der Waals surface area contributed by atoms with Crippen molar-refractivity contribution in [3.05, 3.63) is 95.8 Å². The molecule has 0 aromatic heterocycles. The molecule has 120 valence electrons. The second kappa shape index (κ2) is 7.42. The van der Waals surface area contributed by atoms with Gasteiger partial charge in [0.25, 0.3) is 5.91 Å². The van der Waals surface area contributed by atoms with E-state index in [0.717, 1.165) is 11.3 Å². The molecular formula is C20H16FNO2. The lowest BCUT2D eigenvalue weighted by atomic mass is 10.2. The van der Waals surface area contributed by atoms with Crippen molar-refractivity contribution in [1.29, 1.82) is 0 Å². The second-order valence-electron chi connectivity index (χ2n) is 5.26. The Labute approximate surface area is 139 Å². The van der Waals surface area contributed by atoms with Gasteiger partial charge in [-0.2, -0.15) is 0 Å². The number of rotatable bonds is 5. The van der Waals surface area contributed by atoms with Gasteiger partial charge in [-0.25, -0.2) is 4.39 Å². The van der Waals surface area contributed by atoms with Crippen LogP contribution in [0.25, 0.3) is 0 Å². The smallest absolute Gasteiger partial charge is 0.255 e. The first-order valence-electron chi connectivity index (χ1n) is 7.54. The van der Waals surface area contributed by atoms with Crippen molar-refractivity contribution >= 4 is 11.6 Å². The van der Waals surface area contributed by atoms with Crippen LogP contribution in [0.4, 0.5) is 10.1 Å². The van der Waals surface area contributed by atoms with Crippen molar-refractivity contribution in [2.75, 3.05) is 5.32 Å². The lowest BCUT2D eigenvalue weighted by Crippen LogP contribution is -2.11. The Morgan fingerprint density at radius 3 is 2.21 bits per heavy atom. The number of hydrogen-bond acceptors (Lipinski definition) is 2. The maximum Gasteiger partial charge on any atom is 0.255 e. The molecule has 1 N–H and O–H groups in total. The highest BCUT2D eigenvalue weighted by Crippen LogP contribution is 2.18. The minimum absolute atomic E-state index is 0.284. The van der Waals surface area contributed by atoms with E-state index in [1.54, 1.807) is 24.3 Å². The van der Waals surface area contributed by atoms with Crippen LogP contribution in [0.5, 0.6) is 5.75 Å². The first kappa shape index (κ1) is 15.7. The summed E-state index contributed by atoms with van der Waals surface area (Å²) in [6.07, 6.45) is 0. The average Bonchev–Trinajstić information content (AvgIpc) is 2.62. The normalized spacial score (nSPS) is 10.2. The van der Waals surface area contributed by atoms with Crippen LogP contribution in [-0.2, 0) is 6.61 Å². The molecule has 0 heterocycles. The molecule has 3 nitrogen and oxygen atoms in total. The summed E-state index contributed by atoms with van der Waals surface area (Å²) in [4.78, 5) is 12.1. The predicted octanol–water partition coefficient (Wildman–Crippen LogP) is 4.66. The lowest BCUT2D eigenvalue weighted by Gasteiger charge is -2.08. The number of carbonyl (C=O) groups is 1. The topological polar surface area (TPSA) is 38.3 Å². The molecule has 3 rings (SSSR count). The van der Waals surface area contributed by atoms with Gasteiger partial charge in [-0.3, -0.25) is 4.79 Å². The summed E-state index contributed by atoms with van der Waals surface area (Å²) >= 11 is 0. The molecule has 0 atom stereocenters. The third kappa shape index (κ3) is 4.20. The number of amides is 1. The van der Waals surface area contributed by atoms with Gasteiger partial charge in [-0.1, -0.05) is 30.3 Å². The first-order chi connectivity index (χ1) is 11.7. The fraction of sp³-hybridized carbons (Fsp3) is 0.0500. The van der Waals surface area contributed by atoms with Crippen molar-refractivity contribution in [2.24, 2.45) is 0 Å². The number of hydrogen-bond donors (Lipinski definition) is 1. The van der Waals surface area contributed by atoms with Gasteiger partial charge < -0.3 is 10.1 Å². The van der Waals surface area contributed by atoms with Gasteiger partial charge in [0.2, 0.25) is 0 Å². The van der Waals surface area contributed by atoms with Crippen molar-refractivity contribution in [2.45, 2.75) is 6.61 Å². The molecule has 0 saturated heterocycles. The fourth-order valence-corrected chi connectivity index (χ4v) is 2.18. The molecule has 0 aliphatic carbocycles. The largest absolute Gasteiger partial charge is 0.489 e. The highest BCUT2D eigenvalue weighted by atomic mass is 19.1. The molecule has 0 fully saturated rings. The average molecular weight is 321 g/mol. The standard InChI is InChI=1S/C20H16FNO2/c21-17-8-6-16(7-9-17)20(23)22-18-10-12-19(13-11-18)24-14-15-4-2-1-3-5-15/h1-13H,14H2,(H,22,23). The molecule has 3 aromatic carbocycles. The zero-order valence-electron chi connectivity index (χ0n) is 12.9. The van der Waals surface area contributed by atoms with Crippen molar-refractivity contribution in [3.8, 4) is 5.75 Å². The quantitative estimate of drug-likeness (QED) is 0.742. The lowest BCUT2D eigenvalue weighted by molar-refractivity contribution is 0.102. The molecular weight excluding hydrogens is 305 g/mol. The van der Waals surface area contributed by atoms with E-state index >= 15 is 0 Å². The Morgan fingerprint density at radius 2 is 1.54 bits per heavy atom. The van der Waals surface area contributed by atoms with Crippen LogP contribution in [0.15, 0.2) is 78.9 Å². The molecule has 0 aliphatic heterocycles. The third-order valence-electron chi connectivity index (χ3n) is 3.47. The SMILES string of the molecule is O=C(Nc1ccc(OCc2ccccc2)cc1)c1ccc(F)cc1. The summed E-state index contributed by atoms with van der Waals surface area (Å²) in [6.45, 7) is 0.488. The van der Waals surface area contributed by atoms with E-state index < -0.39 is 0 Å². The number of ether oxygens (including phenoxy) is 1. The number of nitrogens with one attached hydrogen (secondary N) is 1. The summed E-state index contributed by atoms with van der Waals surface area (Å²) in [5, 5.41) is 2.76. The summed E-state index contributed by atoms with van der Waals surface area (Å²) in [6, 6.07) is 22.4. The third-order valence-corrected chi connectivity index (χ3v) is 3.47. The molecule has 0 bridgehead atoms. The molecule has 0 unspecified atom stereocenters. The summed E-state index contributed by atoms with van der Waals surface area (Å²) in [5.41, 5.74) is 2.14.